The van der Waals surface area contributed by atoms with E-state index in [0.717, 1.165) is 11.3 Å². The molecule has 0 radical (unpaired) electrons. The Morgan fingerprint density at radius 3 is 2.31 bits per heavy atom. The van der Waals surface area contributed by atoms with Crippen LogP contribution in [-0.2, 0) is 6.54 Å². The highest BCUT2D eigenvalue weighted by atomic mass is 16.3. The zero-order valence-corrected chi connectivity index (χ0v) is 9.87. The van der Waals surface area contributed by atoms with Crippen LogP contribution in [0.3, 0.4) is 0 Å². The second-order valence-electron chi connectivity index (χ2n) is 4.10. The van der Waals surface area contributed by atoms with Gasteiger partial charge in [0.2, 0.25) is 5.89 Å². The zero-order chi connectivity index (χ0) is 11.7. The van der Waals surface area contributed by atoms with E-state index in [1.54, 1.807) is 6.26 Å². The summed E-state index contributed by atoms with van der Waals surface area (Å²) < 4.78 is 5.27. The highest BCUT2D eigenvalue weighted by Gasteiger charge is 2.10. The van der Waals surface area contributed by atoms with E-state index < -0.39 is 0 Å². The van der Waals surface area contributed by atoms with Crippen molar-refractivity contribution in [3.05, 3.63) is 41.0 Å². The molecular formula is C13H16N2O. The third-order valence-electron chi connectivity index (χ3n) is 2.66. The number of hydrogen-bond acceptors (Lipinski definition) is 3. The molecule has 2 N–H and O–H groups in total. The molecule has 0 atom stereocenters. The summed E-state index contributed by atoms with van der Waals surface area (Å²) in [6.45, 7) is 6.61. The minimum Gasteiger partial charge on any atom is -0.447 e. The Bertz CT molecular complexity index is 491. The third kappa shape index (κ3) is 1.86. The van der Waals surface area contributed by atoms with Gasteiger partial charge >= 0.3 is 0 Å². The van der Waals surface area contributed by atoms with Crippen LogP contribution in [0.25, 0.3) is 11.3 Å². The van der Waals surface area contributed by atoms with Crippen molar-refractivity contribution in [2.45, 2.75) is 27.3 Å². The highest BCUT2D eigenvalue weighted by Crippen LogP contribution is 2.27. The first-order valence-electron chi connectivity index (χ1n) is 5.34. The van der Waals surface area contributed by atoms with Crippen LogP contribution in [0.5, 0.6) is 0 Å². The maximum atomic E-state index is 5.49. The fraction of sp³-hybridized carbons (Fsp3) is 0.308. The molecule has 3 nitrogen and oxygen atoms in total. The molecule has 0 unspecified atom stereocenters. The molecule has 2 aromatic rings. The van der Waals surface area contributed by atoms with Crippen LogP contribution in [0.1, 0.15) is 22.6 Å². The zero-order valence-electron chi connectivity index (χ0n) is 9.87. The van der Waals surface area contributed by atoms with Crippen molar-refractivity contribution in [2.75, 3.05) is 0 Å². The smallest absolute Gasteiger partial charge is 0.208 e. The third-order valence-corrected chi connectivity index (χ3v) is 2.66. The molecule has 84 valence electrons. The lowest BCUT2D eigenvalue weighted by molar-refractivity contribution is 0.498. The number of rotatable bonds is 2. The standard InChI is InChI=1S/C13H16N2O/c1-8-4-9(2)13(10(3)5-8)11-7-16-12(6-14)15-11/h4-5,7H,6,14H2,1-3H3. The number of aryl methyl sites for hydroxylation is 3. The first-order valence-corrected chi connectivity index (χ1v) is 5.34. The molecule has 1 heterocycles. The fourth-order valence-corrected chi connectivity index (χ4v) is 2.10. The maximum Gasteiger partial charge on any atom is 0.208 e. The summed E-state index contributed by atoms with van der Waals surface area (Å²) in [6.07, 6.45) is 1.67. The lowest BCUT2D eigenvalue weighted by atomic mass is 9.98. The fourth-order valence-electron chi connectivity index (χ4n) is 2.10. The van der Waals surface area contributed by atoms with Crippen LogP contribution < -0.4 is 5.73 Å². The van der Waals surface area contributed by atoms with E-state index in [1.807, 2.05) is 0 Å². The van der Waals surface area contributed by atoms with Crippen molar-refractivity contribution in [2.24, 2.45) is 5.73 Å². The molecule has 0 amide bonds. The van der Waals surface area contributed by atoms with Gasteiger partial charge in [-0.05, 0) is 31.9 Å². The van der Waals surface area contributed by atoms with E-state index in [0.29, 0.717) is 12.4 Å². The van der Waals surface area contributed by atoms with Gasteiger partial charge in [-0.2, -0.15) is 0 Å². The number of nitrogens with zero attached hydrogens (tertiary/aromatic N) is 1. The Morgan fingerprint density at radius 2 is 1.81 bits per heavy atom. The first-order chi connectivity index (χ1) is 7.61. The average Bonchev–Trinajstić information content (AvgIpc) is 2.64. The largest absolute Gasteiger partial charge is 0.447 e. The predicted octanol–water partition coefficient (Wildman–Crippen LogP) is 2.73. The van der Waals surface area contributed by atoms with Gasteiger partial charge in [-0.15, -0.1) is 0 Å². The molecule has 0 spiro atoms. The molecule has 0 aliphatic heterocycles. The number of nitrogens with two attached hydrogens (primary N) is 1. The number of benzene rings is 1. The molecule has 2 rings (SSSR count). The van der Waals surface area contributed by atoms with Crippen LogP contribution >= 0.6 is 0 Å². The van der Waals surface area contributed by atoms with Crippen LogP contribution in [0, 0.1) is 20.8 Å². The summed E-state index contributed by atoms with van der Waals surface area (Å²) in [6, 6.07) is 4.30. The number of aromatic nitrogens is 1. The van der Waals surface area contributed by atoms with Crippen LogP contribution in [-0.4, -0.2) is 4.98 Å². The Hall–Kier alpha value is -1.61. The van der Waals surface area contributed by atoms with Gasteiger partial charge in [0.1, 0.15) is 12.0 Å². The SMILES string of the molecule is Cc1cc(C)c(-c2coc(CN)n2)c(C)c1. The lowest BCUT2D eigenvalue weighted by Crippen LogP contribution is -1.96. The van der Waals surface area contributed by atoms with Crippen LogP contribution in [0.4, 0.5) is 0 Å². The molecule has 0 bridgehead atoms. The predicted molar refractivity (Wildman–Crippen MR) is 64.0 cm³/mol. The number of hydrogen-bond donors (Lipinski definition) is 1. The Labute approximate surface area is 95.3 Å². The van der Waals surface area contributed by atoms with Gasteiger partial charge in [-0.25, -0.2) is 4.98 Å². The monoisotopic (exact) mass is 216 g/mol. The van der Waals surface area contributed by atoms with Gasteiger partial charge in [-0.3, -0.25) is 0 Å². The Balaban J connectivity index is 2.55. The molecule has 0 fully saturated rings. The van der Waals surface area contributed by atoms with Gasteiger partial charge in [0.25, 0.3) is 0 Å². The molecule has 0 saturated carbocycles. The van der Waals surface area contributed by atoms with Crippen LogP contribution in [0.2, 0.25) is 0 Å². The van der Waals surface area contributed by atoms with E-state index in [4.69, 9.17) is 10.2 Å². The normalized spacial score (nSPS) is 10.8. The number of oxazole rings is 1. The quantitative estimate of drug-likeness (QED) is 0.839. The van der Waals surface area contributed by atoms with Gasteiger partial charge < -0.3 is 10.2 Å². The molecule has 0 saturated heterocycles. The summed E-state index contributed by atoms with van der Waals surface area (Å²) in [5.74, 6) is 0.578. The summed E-state index contributed by atoms with van der Waals surface area (Å²) in [7, 11) is 0. The van der Waals surface area contributed by atoms with Crippen molar-refractivity contribution in [1.82, 2.24) is 4.98 Å². The minimum atomic E-state index is 0.337. The van der Waals surface area contributed by atoms with E-state index in [1.165, 1.54) is 16.7 Å². The molecule has 0 aliphatic carbocycles. The Morgan fingerprint density at radius 1 is 1.19 bits per heavy atom. The van der Waals surface area contributed by atoms with E-state index >= 15 is 0 Å². The van der Waals surface area contributed by atoms with Crippen molar-refractivity contribution in [3.63, 3.8) is 0 Å². The van der Waals surface area contributed by atoms with Crippen molar-refractivity contribution in [3.8, 4) is 11.3 Å². The van der Waals surface area contributed by atoms with Gasteiger partial charge in [0.05, 0.1) is 6.54 Å². The second-order valence-corrected chi connectivity index (χ2v) is 4.10. The van der Waals surface area contributed by atoms with Crippen LogP contribution in [0.15, 0.2) is 22.8 Å². The van der Waals surface area contributed by atoms with Crippen molar-refractivity contribution >= 4 is 0 Å². The second kappa shape index (κ2) is 4.10. The van der Waals surface area contributed by atoms with Gasteiger partial charge in [0.15, 0.2) is 0 Å². The summed E-state index contributed by atoms with van der Waals surface area (Å²) in [5.41, 5.74) is 11.2. The summed E-state index contributed by atoms with van der Waals surface area (Å²) in [5, 5.41) is 0. The molecule has 1 aromatic heterocycles. The molecule has 16 heavy (non-hydrogen) atoms. The van der Waals surface area contributed by atoms with Gasteiger partial charge in [0, 0.05) is 5.56 Å². The summed E-state index contributed by atoms with van der Waals surface area (Å²) in [4.78, 5) is 4.36. The minimum absolute atomic E-state index is 0.337. The average molecular weight is 216 g/mol. The first kappa shape index (κ1) is 10.9. The van der Waals surface area contributed by atoms with Crippen molar-refractivity contribution < 1.29 is 4.42 Å². The maximum absolute atomic E-state index is 5.49. The van der Waals surface area contributed by atoms with Gasteiger partial charge in [-0.1, -0.05) is 17.7 Å². The van der Waals surface area contributed by atoms with E-state index in [9.17, 15) is 0 Å². The molecular weight excluding hydrogens is 200 g/mol. The lowest BCUT2D eigenvalue weighted by Gasteiger charge is -2.07. The Kier molecular flexibility index (Phi) is 2.79. The van der Waals surface area contributed by atoms with Crippen molar-refractivity contribution in [1.29, 1.82) is 0 Å². The molecule has 0 aliphatic rings. The molecule has 3 heteroatoms. The molecule has 1 aromatic carbocycles. The highest BCUT2D eigenvalue weighted by molar-refractivity contribution is 5.67. The topological polar surface area (TPSA) is 52.0 Å². The van der Waals surface area contributed by atoms with E-state index in [2.05, 4.69) is 37.9 Å². The summed E-state index contributed by atoms with van der Waals surface area (Å²) >= 11 is 0. The van der Waals surface area contributed by atoms with E-state index in [-0.39, 0.29) is 0 Å².